The third-order valence-corrected chi connectivity index (χ3v) is 3.26. The highest BCUT2D eigenvalue weighted by atomic mass is 16.2. The summed E-state index contributed by atoms with van der Waals surface area (Å²) in [5.74, 6) is 0.522. The van der Waals surface area contributed by atoms with Crippen LogP contribution >= 0.6 is 0 Å². The summed E-state index contributed by atoms with van der Waals surface area (Å²) in [6.45, 7) is 12.0. The van der Waals surface area contributed by atoms with Crippen molar-refractivity contribution in [3.05, 3.63) is 17.8 Å². The molecule has 1 rings (SSSR count). The van der Waals surface area contributed by atoms with Gasteiger partial charge in [-0.05, 0) is 38.6 Å². The second kappa shape index (κ2) is 9.28. The van der Waals surface area contributed by atoms with E-state index in [1.807, 2.05) is 6.92 Å². The summed E-state index contributed by atoms with van der Waals surface area (Å²) in [4.78, 5) is 14.4. The van der Waals surface area contributed by atoms with E-state index >= 15 is 0 Å². The molecule has 1 amide bonds. The number of carbonyl (C=O) groups is 1. The zero-order chi connectivity index (χ0) is 15.7. The molecule has 0 aromatic carbocycles. The van der Waals surface area contributed by atoms with Crippen molar-refractivity contribution < 1.29 is 4.79 Å². The normalized spacial score (nSPS) is 12.2. The maximum Gasteiger partial charge on any atom is 0.272 e. The molecule has 1 atom stereocenters. The van der Waals surface area contributed by atoms with Crippen molar-refractivity contribution in [2.75, 3.05) is 31.5 Å². The molecule has 6 nitrogen and oxygen atoms in total. The average molecular weight is 293 g/mol. The summed E-state index contributed by atoms with van der Waals surface area (Å²) in [6, 6.07) is 3.56. The SMILES string of the molecule is CCCNc1ccc(C(=O)NC(C)CN(CC)CC)nn1. The lowest BCUT2D eigenvalue weighted by molar-refractivity contribution is 0.0924. The molecule has 0 fully saturated rings. The molecule has 0 radical (unpaired) electrons. The summed E-state index contributed by atoms with van der Waals surface area (Å²) < 4.78 is 0. The minimum Gasteiger partial charge on any atom is -0.369 e. The van der Waals surface area contributed by atoms with Gasteiger partial charge in [0.15, 0.2) is 5.69 Å². The maximum atomic E-state index is 12.1. The lowest BCUT2D eigenvalue weighted by Gasteiger charge is -2.23. The van der Waals surface area contributed by atoms with Crippen molar-refractivity contribution in [1.82, 2.24) is 20.4 Å². The first-order chi connectivity index (χ1) is 10.1. The number of rotatable bonds is 9. The number of likely N-dealkylation sites (N-methyl/N-ethyl adjacent to an activating group) is 1. The van der Waals surface area contributed by atoms with Gasteiger partial charge in [-0.25, -0.2) is 0 Å². The van der Waals surface area contributed by atoms with E-state index < -0.39 is 0 Å². The molecule has 1 aromatic rings. The summed E-state index contributed by atoms with van der Waals surface area (Å²) in [7, 11) is 0. The molecule has 0 spiro atoms. The lowest BCUT2D eigenvalue weighted by Crippen LogP contribution is -2.42. The van der Waals surface area contributed by atoms with Crippen LogP contribution in [0.2, 0.25) is 0 Å². The predicted octanol–water partition coefficient (Wildman–Crippen LogP) is 1.76. The fraction of sp³-hybridized carbons (Fsp3) is 0.667. The van der Waals surface area contributed by atoms with Crippen LogP contribution in [0.4, 0.5) is 5.82 Å². The van der Waals surface area contributed by atoms with Crippen molar-refractivity contribution in [2.24, 2.45) is 0 Å². The predicted molar refractivity (Wildman–Crippen MR) is 85.5 cm³/mol. The lowest BCUT2D eigenvalue weighted by atomic mass is 10.2. The molecule has 0 saturated heterocycles. The van der Waals surface area contributed by atoms with Gasteiger partial charge in [0.2, 0.25) is 0 Å². The number of aromatic nitrogens is 2. The molecule has 2 N–H and O–H groups in total. The number of anilines is 1. The molecule has 0 saturated carbocycles. The van der Waals surface area contributed by atoms with E-state index in [1.165, 1.54) is 0 Å². The van der Waals surface area contributed by atoms with Crippen LogP contribution in [0.5, 0.6) is 0 Å². The minimum atomic E-state index is -0.177. The van der Waals surface area contributed by atoms with Gasteiger partial charge in [-0.15, -0.1) is 10.2 Å². The Bertz CT molecular complexity index is 417. The van der Waals surface area contributed by atoms with Gasteiger partial charge in [0.25, 0.3) is 5.91 Å². The average Bonchev–Trinajstić information content (AvgIpc) is 2.50. The number of hydrogen-bond donors (Lipinski definition) is 2. The van der Waals surface area contributed by atoms with Gasteiger partial charge in [0.1, 0.15) is 5.82 Å². The number of nitrogens with zero attached hydrogens (tertiary/aromatic N) is 3. The van der Waals surface area contributed by atoms with E-state index in [-0.39, 0.29) is 11.9 Å². The Kier molecular flexibility index (Phi) is 7.68. The van der Waals surface area contributed by atoms with Crippen molar-refractivity contribution in [3.63, 3.8) is 0 Å². The fourth-order valence-electron chi connectivity index (χ4n) is 2.01. The zero-order valence-electron chi connectivity index (χ0n) is 13.5. The molecule has 1 heterocycles. The first kappa shape index (κ1) is 17.4. The molecule has 6 heteroatoms. The van der Waals surface area contributed by atoms with Gasteiger partial charge in [-0.3, -0.25) is 4.79 Å². The molecule has 118 valence electrons. The Balaban J connectivity index is 2.51. The van der Waals surface area contributed by atoms with E-state index in [2.05, 4.69) is 46.5 Å². The molecule has 0 aliphatic rings. The van der Waals surface area contributed by atoms with Crippen LogP contribution in [0.15, 0.2) is 12.1 Å². The fourth-order valence-corrected chi connectivity index (χ4v) is 2.01. The first-order valence-electron chi connectivity index (χ1n) is 7.71. The highest BCUT2D eigenvalue weighted by Gasteiger charge is 2.13. The standard InChI is InChI=1S/C15H27N5O/c1-5-10-16-14-9-8-13(18-19-14)15(21)17-12(4)11-20(6-2)7-3/h8-9,12H,5-7,10-11H2,1-4H3,(H,16,19)(H,17,21). The Labute approximate surface area is 127 Å². The van der Waals surface area contributed by atoms with E-state index in [1.54, 1.807) is 12.1 Å². The van der Waals surface area contributed by atoms with Crippen molar-refractivity contribution in [1.29, 1.82) is 0 Å². The largest absolute Gasteiger partial charge is 0.369 e. The molecular formula is C15H27N5O. The Morgan fingerprint density at radius 3 is 2.48 bits per heavy atom. The number of carbonyl (C=O) groups excluding carboxylic acids is 1. The second-order valence-corrected chi connectivity index (χ2v) is 5.09. The molecule has 0 aliphatic carbocycles. The molecule has 1 unspecified atom stereocenters. The Morgan fingerprint density at radius 2 is 1.95 bits per heavy atom. The number of nitrogens with one attached hydrogen (secondary N) is 2. The molecule has 1 aromatic heterocycles. The van der Waals surface area contributed by atoms with E-state index in [9.17, 15) is 4.79 Å². The van der Waals surface area contributed by atoms with Gasteiger partial charge in [0, 0.05) is 19.1 Å². The minimum absolute atomic E-state index is 0.0806. The van der Waals surface area contributed by atoms with Crippen molar-refractivity contribution in [3.8, 4) is 0 Å². The van der Waals surface area contributed by atoms with Crippen molar-refractivity contribution >= 4 is 11.7 Å². The number of amides is 1. The quantitative estimate of drug-likeness (QED) is 0.726. The molecule has 0 bridgehead atoms. The van der Waals surface area contributed by atoms with E-state index in [4.69, 9.17) is 0 Å². The van der Waals surface area contributed by atoms with Gasteiger partial charge < -0.3 is 15.5 Å². The first-order valence-corrected chi connectivity index (χ1v) is 7.71. The van der Waals surface area contributed by atoms with Crippen molar-refractivity contribution in [2.45, 2.75) is 40.2 Å². The highest BCUT2D eigenvalue weighted by Crippen LogP contribution is 2.02. The van der Waals surface area contributed by atoms with Crippen LogP contribution in [0.25, 0.3) is 0 Å². The van der Waals surface area contributed by atoms with Gasteiger partial charge in [-0.2, -0.15) is 0 Å². The smallest absolute Gasteiger partial charge is 0.272 e. The topological polar surface area (TPSA) is 70.2 Å². The monoisotopic (exact) mass is 293 g/mol. The summed E-state index contributed by atoms with van der Waals surface area (Å²) in [5.41, 5.74) is 0.350. The van der Waals surface area contributed by atoms with Crippen LogP contribution in [-0.4, -0.2) is 53.2 Å². The van der Waals surface area contributed by atoms with Gasteiger partial charge >= 0.3 is 0 Å². The summed E-state index contributed by atoms with van der Waals surface area (Å²) in [5, 5.41) is 14.1. The van der Waals surface area contributed by atoms with Crippen LogP contribution in [0.3, 0.4) is 0 Å². The molecular weight excluding hydrogens is 266 g/mol. The zero-order valence-corrected chi connectivity index (χ0v) is 13.5. The summed E-state index contributed by atoms with van der Waals surface area (Å²) >= 11 is 0. The van der Waals surface area contributed by atoms with Crippen LogP contribution in [0.1, 0.15) is 44.6 Å². The van der Waals surface area contributed by atoms with Gasteiger partial charge in [-0.1, -0.05) is 20.8 Å². The molecule has 21 heavy (non-hydrogen) atoms. The second-order valence-electron chi connectivity index (χ2n) is 5.09. The van der Waals surface area contributed by atoms with E-state index in [0.29, 0.717) is 11.5 Å². The Morgan fingerprint density at radius 1 is 1.24 bits per heavy atom. The third kappa shape index (κ3) is 6.08. The van der Waals surface area contributed by atoms with Crippen LogP contribution < -0.4 is 10.6 Å². The Hall–Kier alpha value is -1.69. The molecule has 0 aliphatic heterocycles. The van der Waals surface area contributed by atoms with Crippen LogP contribution in [0, 0.1) is 0 Å². The summed E-state index contributed by atoms with van der Waals surface area (Å²) in [6.07, 6.45) is 1.02. The van der Waals surface area contributed by atoms with Gasteiger partial charge in [0.05, 0.1) is 0 Å². The van der Waals surface area contributed by atoms with E-state index in [0.717, 1.165) is 32.6 Å². The van der Waals surface area contributed by atoms with Crippen LogP contribution in [-0.2, 0) is 0 Å². The highest BCUT2D eigenvalue weighted by molar-refractivity contribution is 5.92. The maximum absolute atomic E-state index is 12.1. The number of hydrogen-bond acceptors (Lipinski definition) is 5. The third-order valence-electron chi connectivity index (χ3n) is 3.26.